The zero-order valence-electron chi connectivity index (χ0n) is 13.4. The Morgan fingerprint density at radius 3 is 2.30 bits per heavy atom. The molecule has 2 aliphatic rings. The highest BCUT2D eigenvalue weighted by Crippen LogP contribution is 2.23. The van der Waals surface area contributed by atoms with E-state index in [9.17, 15) is 4.79 Å². The van der Waals surface area contributed by atoms with Crippen molar-refractivity contribution in [2.45, 2.75) is 71.0 Å². The van der Waals surface area contributed by atoms with Crippen LogP contribution in [0.15, 0.2) is 0 Å². The number of likely N-dealkylation sites (tertiary alicyclic amines) is 1. The van der Waals surface area contributed by atoms with Gasteiger partial charge in [-0.1, -0.05) is 6.92 Å². The van der Waals surface area contributed by atoms with Gasteiger partial charge in [0.1, 0.15) is 0 Å². The van der Waals surface area contributed by atoms with Crippen LogP contribution in [0.2, 0.25) is 0 Å². The molecule has 2 saturated heterocycles. The number of rotatable bonds is 4. The molecule has 0 aromatic heterocycles. The Kier molecular flexibility index (Phi) is 5.85. The summed E-state index contributed by atoms with van der Waals surface area (Å²) in [5, 5.41) is 3.40. The number of carbonyl (C=O) groups excluding carboxylic acids is 1. The van der Waals surface area contributed by atoms with Crippen LogP contribution in [0, 0.1) is 0 Å². The van der Waals surface area contributed by atoms with Gasteiger partial charge in [-0.2, -0.15) is 0 Å². The van der Waals surface area contributed by atoms with Crippen molar-refractivity contribution in [2.24, 2.45) is 0 Å². The predicted molar refractivity (Wildman–Crippen MR) is 82.8 cm³/mol. The molecule has 4 heteroatoms. The van der Waals surface area contributed by atoms with Crippen LogP contribution in [-0.4, -0.2) is 60.0 Å². The van der Waals surface area contributed by atoms with Gasteiger partial charge in [-0.15, -0.1) is 0 Å². The van der Waals surface area contributed by atoms with Gasteiger partial charge in [-0.25, -0.2) is 0 Å². The fraction of sp³-hybridized carbons (Fsp3) is 0.938. The van der Waals surface area contributed by atoms with Crippen molar-refractivity contribution in [2.75, 3.05) is 26.2 Å². The van der Waals surface area contributed by atoms with E-state index < -0.39 is 0 Å². The molecule has 0 aromatic carbocycles. The highest BCUT2D eigenvalue weighted by molar-refractivity contribution is 5.79. The molecule has 2 rings (SSSR count). The number of hydrogen-bond donors (Lipinski definition) is 1. The van der Waals surface area contributed by atoms with Crippen molar-refractivity contribution in [3.05, 3.63) is 0 Å². The topological polar surface area (TPSA) is 35.6 Å². The van der Waals surface area contributed by atoms with Crippen LogP contribution in [0.1, 0.15) is 52.9 Å². The van der Waals surface area contributed by atoms with Gasteiger partial charge in [-0.05, 0) is 65.6 Å². The lowest BCUT2D eigenvalue weighted by Crippen LogP contribution is -2.53. The number of nitrogens with one attached hydrogen (secondary N) is 1. The van der Waals surface area contributed by atoms with Crippen molar-refractivity contribution in [3.8, 4) is 0 Å². The Bertz CT molecular complexity index is 305. The minimum Gasteiger partial charge on any atom is -0.336 e. The third-order valence-corrected chi connectivity index (χ3v) is 5.05. The van der Waals surface area contributed by atoms with Crippen molar-refractivity contribution >= 4 is 5.91 Å². The van der Waals surface area contributed by atoms with E-state index in [-0.39, 0.29) is 0 Å². The minimum atomic E-state index is 0.338. The average molecular weight is 281 g/mol. The Hall–Kier alpha value is -0.610. The van der Waals surface area contributed by atoms with E-state index in [2.05, 4.69) is 35.9 Å². The van der Waals surface area contributed by atoms with Gasteiger partial charge in [0.05, 0.1) is 6.54 Å². The molecule has 4 nitrogen and oxygen atoms in total. The second kappa shape index (κ2) is 7.41. The van der Waals surface area contributed by atoms with Gasteiger partial charge >= 0.3 is 0 Å². The Balaban J connectivity index is 1.93. The second-order valence-corrected chi connectivity index (χ2v) is 6.47. The van der Waals surface area contributed by atoms with Crippen molar-refractivity contribution in [3.63, 3.8) is 0 Å². The third-order valence-electron chi connectivity index (χ3n) is 5.05. The van der Waals surface area contributed by atoms with Crippen LogP contribution in [0.4, 0.5) is 0 Å². The molecule has 2 fully saturated rings. The number of piperidine rings is 2. The molecule has 0 aromatic rings. The lowest BCUT2D eigenvalue weighted by molar-refractivity contribution is -0.139. The van der Waals surface area contributed by atoms with Crippen molar-refractivity contribution in [1.82, 2.24) is 15.1 Å². The smallest absolute Gasteiger partial charge is 0.237 e. The number of carbonyl (C=O) groups is 1. The first-order valence-electron chi connectivity index (χ1n) is 8.39. The molecule has 20 heavy (non-hydrogen) atoms. The number of nitrogens with zero attached hydrogens (tertiary/aromatic N) is 2. The van der Waals surface area contributed by atoms with Crippen molar-refractivity contribution < 1.29 is 4.79 Å². The number of likely N-dealkylation sites (N-methyl/N-ethyl adjacent to an activating group) is 1. The molecular formula is C16H31N3O. The maximum absolute atomic E-state index is 12.7. The fourth-order valence-electron chi connectivity index (χ4n) is 3.84. The highest BCUT2D eigenvalue weighted by atomic mass is 16.2. The summed E-state index contributed by atoms with van der Waals surface area (Å²) in [7, 11) is 0. The molecule has 1 amide bonds. The van der Waals surface area contributed by atoms with Crippen LogP contribution in [0.3, 0.4) is 0 Å². The summed E-state index contributed by atoms with van der Waals surface area (Å²) in [5.74, 6) is 0.338. The van der Waals surface area contributed by atoms with E-state index in [1.165, 1.54) is 19.3 Å². The van der Waals surface area contributed by atoms with Crippen molar-refractivity contribution in [1.29, 1.82) is 0 Å². The monoisotopic (exact) mass is 281 g/mol. The van der Waals surface area contributed by atoms with Crippen LogP contribution in [-0.2, 0) is 4.79 Å². The van der Waals surface area contributed by atoms with E-state index in [1.807, 2.05) is 0 Å². The van der Waals surface area contributed by atoms with Gasteiger partial charge in [-0.3, -0.25) is 9.69 Å². The molecule has 1 N–H and O–H groups in total. The molecular weight excluding hydrogens is 250 g/mol. The predicted octanol–water partition coefficient (Wildman–Crippen LogP) is 1.85. The first-order valence-corrected chi connectivity index (χ1v) is 8.39. The van der Waals surface area contributed by atoms with Crippen LogP contribution >= 0.6 is 0 Å². The number of hydrogen-bond acceptors (Lipinski definition) is 3. The van der Waals surface area contributed by atoms with Gasteiger partial charge in [0.25, 0.3) is 0 Å². The first-order chi connectivity index (χ1) is 9.63. The molecule has 0 spiro atoms. The molecule has 0 saturated carbocycles. The molecule has 116 valence electrons. The first kappa shape index (κ1) is 15.8. The highest BCUT2D eigenvalue weighted by Gasteiger charge is 2.31. The maximum atomic E-state index is 12.7. The molecule has 2 aliphatic heterocycles. The molecule has 0 aliphatic carbocycles. The summed E-state index contributed by atoms with van der Waals surface area (Å²) in [4.78, 5) is 17.2. The summed E-state index contributed by atoms with van der Waals surface area (Å²) in [6.45, 7) is 10.3. The molecule has 2 heterocycles. The largest absolute Gasteiger partial charge is 0.336 e. The van der Waals surface area contributed by atoms with Crippen LogP contribution in [0.5, 0.6) is 0 Å². The number of amides is 1. The minimum absolute atomic E-state index is 0.338. The average Bonchev–Trinajstić information content (AvgIpc) is 2.45. The van der Waals surface area contributed by atoms with Crippen LogP contribution in [0.25, 0.3) is 0 Å². The molecule has 2 unspecified atom stereocenters. The summed E-state index contributed by atoms with van der Waals surface area (Å²) in [5.41, 5.74) is 0. The Labute approximate surface area is 123 Å². The second-order valence-electron chi connectivity index (χ2n) is 6.47. The maximum Gasteiger partial charge on any atom is 0.237 e. The van der Waals surface area contributed by atoms with E-state index in [4.69, 9.17) is 0 Å². The van der Waals surface area contributed by atoms with Gasteiger partial charge < -0.3 is 10.2 Å². The Morgan fingerprint density at radius 2 is 1.75 bits per heavy atom. The fourth-order valence-corrected chi connectivity index (χ4v) is 3.84. The van der Waals surface area contributed by atoms with E-state index >= 15 is 0 Å². The zero-order valence-corrected chi connectivity index (χ0v) is 13.4. The summed E-state index contributed by atoms with van der Waals surface area (Å²) >= 11 is 0. The van der Waals surface area contributed by atoms with E-state index in [1.54, 1.807) is 0 Å². The molecule has 0 bridgehead atoms. The summed E-state index contributed by atoms with van der Waals surface area (Å²) in [6, 6.07) is 1.41. The van der Waals surface area contributed by atoms with Gasteiger partial charge in [0.2, 0.25) is 5.91 Å². The van der Waals surface area contributed by atoms with Gasteiger partial charge in [0.15, 0.2) is 0 Å². The Morgan fingerprint density at radius 1 is 1.15 bits per heavy atom. The zero-order chi connectivity index (χ0) is 14.5. The quantitative estimate of drug-likeness (QED) is 0.854. The van der Waals surface area contributed by atoms with Gasteiger partial charge in [0, 0.05) is 18.1 Å². The third kappa shape index (κ3) is 3.73. The van der Waals surface area contributed by atoms with E-state index in [0.29, 0.717) is 30.6 Å². The normalized spacial score (nSPS) is 28.9. The van der Waals surface area contributed by atoms with E-state index in [0.717, 1.165) is 32.5 Å². The lowest BCUT2D eigenvalue weighted by Gasteiger charge is -2.41. The lowest BCUT2D eigenvalue weighted by atomic mass is 9.97. The summed E-state index contributed by atoms with van der Waals surface area (Å²) < 4.78 is 0. The SMILES string of the molecule is CCN(CC(=O)N1C(C)CCCC1C)C1CCNCC1. The summed E-state index contributed by atoms with van der Waals surface area (Å²) in [6.07, 6.45) is 5.93. The molecule has 0 radical (unpaired) electrons. The van der Waals surface area contributed by atoms with Crippen LogP contribution < -0.4 is 5.32 Å². The standard InChI is InChI=1S/C16H31N3O/c1-4-18(15-8-10-17-11-9-15)12-16(20)19-13(2)6-5-7-14(19)3/h13-15,17H,4-12H2,1-3H3. The molecule has 2 atom stereocenters.